The molecule has 0 fully saturated rings. The summed E-state index contributed by atoms with van der Waals surface area (Å²) in [4.78, 5) is 13.5. The van der Waals surface area contributed by atoms with Gasteiger partial charge in [0.2, 0.25) is 5.91 Å². The van der Waals surface area contributed by atoms with Crippen molar-refractivity contribution in [1.82, 2.24) is 4.90 Å². The van der Waals surface area contributed by atoms with Crippen molar-refractivity contribution in [1.29, 1.82) is 0 Å². The van der Waals surface area contributed by atoms with Gasteiger partial charge in [-0.3, -0.25) is 4.79 Å². The molecule has 0 atom stereocenters. The zero-order chi connectivity index (χ0) is 16.0. The van der Waals surface area contributed by atoms with E-state index in [2.05, 4.69) is 26.0 Å². The van der Waals surface area contributed by atoms with Crippen LogP contribution in [-0.4, -0.2) is 36.8 Å². The first-order valence-electron chi connectivity index (χ1n) is 6.33. The summed E-state index contributed by atoms with van der Waals surface area (Å²) in [7, 11) is 0. The molecule has 0 saturated carbocycles. The molecule has 0 aliphatic heterocycles. The molecule has 0 radical (unpaired) electrons. The van der Waals surface area contributed by atoms with Gasteiger partial charge in [-0.2, -0.15) is 0 Å². The van der Waals surface area contributed by atoms with Gasteiger partial charge in [-0.15, -0.1) is 13.2 Å². The van der Waals surface area contributed by atoms with Crippen molar-refractivity contribution in [3.63, 3.8) is 0 Å². The van der Waals surface area contributed by atoms with Gasteiger partial charge in [0.25, 0.3) is 0 Å². The van der Waals surface area contributed by atoms with E-state index in [1.807, 2.05) is 13.8 Å². The van der Waals surface area contributed by atoms with E-state index in [0.717, 1.165) is 0 Å². The van der Waals surface area contributed by atoms with Crippen LogP contribution in [0.15, 0.2) is 22.7 Å². The molecule has 0 bridgehead atoms. The molecular weight excluding hydrogens is 353 g/mol. The highest BCUT2D eigenvalue weighted by atomic mass is 79.9. The molecule has 0 aliphatic rings. The Morgan fingerprint density at radius 2 is 1.95 bits per heavy atom. The number of nitrogens with zero attached hydrogens (tertiary/aromatic N) is 1. The number of rotatable bonds is 6. The summed E-state index contributed by atoms with van der Waals surface area (Å²) >= 11 is 3.00. The fourth-order valence-corrected chi connectivity index (χ4v) is 2.14. The Labute approximate surface area is 129 Å². The van der Waals surface area contributed by atoms with Crippen LogP contribution in [0.5, 0.6) is 5.75 Å². The van der Waals surface area contributed by atoms with Gasteiger partial charge >= 0.3 is 6.36 Å². The van der Waals surface area contributed by atoms with E-state index in [9.17, 15) is 18.0 Å². The van der Waals surface area contributed by atoms with E-state index in [1.165, 1.54) is 18.2 Å². The second-order valence-corrected chi connectivity index (χ2v) is 4.97. The second-order valence-electron chi connectivity index (χ2n) is 4.11. The van der Waals surface area contributed by atoms with Gasteiger partial charge in [0.15, 0.2) is 0 Å². The Morgan fingerprint density at radius 3 is 2.43 bits per heavy atom. The molecule has 21 heavy (non-hydrogen) atoms. The van der Waals surface area contributed by atoms with E-state index in [4.69, 9.17) is 0 Å². The normalized spacial score (nSPS) is 11.1. The standard InChI is InChI=1S/C13H16BrF3N2O2/c1-3-19(4-2)12(20)8-18-9-5-6-11(10(14)7-9)21-13(15,16)17/h5-7,18H,3-4,8H2,1-2H3. The number of anilines is 1. The Morgan fingerprint density at radius 1 is 1.33 bits per heavy atom. The van der Waals surface area contributed by atoms with Crippen LogP contribution in [-0.2, 0) is 4.79 Å². The number of benzene rings is 1. The quantitative estimate of drug-likeness (QED) is 0.833. The number of carbonyl (C=O) groups excluding carboxylic acids is 1. The largest absolute Gasteiger partial charge is 0.573 e. The molecule has 1 amide bonds. The summed E-state index contributed by atoms with van der Waals surface area (Å²) in [6.45, 7) is 5.05. The van der Waals surface area contributed by atoms with Crippen molar-refractivity contribution in [3.8, 4) is 5.75 Å². The van der Waals surface area contributed by atoms with E-state index >= 15 is 0 Å². The highest BCUT2D eigenvalue weighted by molar-refractivity contribution is 9.10. The maximum atomic E-state index is 12.1. The monoisotopic (exact) mass is 368 g/mol. The lowest BCUT2D eigenvalue weighted by Crippen LogP contribution is -2.35. The Bertz CT molecular complexity index is 491. The Kier molecular flexibility index (Phi) is 6.32. The molecule has 0 saturated heterocycles. The lowest BCUT2D eigenvalue weighted by molar-refractivity contribution is -0.274. The predicted octanol–water partition coefficient (Wildman–Crippen LogP) is 3.63. The van der Waals surface area contributed by atoms with Gasteiger partial charge < -0.3 is 15.0 Å². The number of amides is 1. The van der Waals surface area contributed by atoms with Crippen molar-refractivity contribution < 1.29 is 22.7 Å². The van der Waals surface area contributed by atoms with Crippen LogP contribution in [0.25, 0.3) is 0 Å². The highest BCUT2D eigenvalue weighted by Crippen LogP contribution is 2.32. The first-order valence-corrected chi connectivity index (χ1v) is 7.13. The maximum absolute atomic E-state index is 12.1. The zero-order valence-corrected chi connectivity index (χ0v) is 13.2. The summed E-state index contributed by atoms with van der Waals surface area (Å²) in [6.07, 6.45) is -4.74. The van der Waals surface area contributed by atoms with Crippen LogP contribution in [0.4, 0.5) is 18.9 Å². The molecule has 1 aromatic rings. The van der Waals surface area contributed by atoms with Gasteiger partial charge in [-0.25, -0.2) is 0 Å². The number of carbonyl (C=O) groups is 1. The van der Waals surface area contributed by atoms with Crippen LogP contribution in [0.2, 0.25) is 0 Å². The van der Waals surface area contributed by atoms with Crippen molar-refractivity contribution in [3.05, 3.63) is 22.7 Å². The van der Waals surface area contributed by atoms with Crippen molar-refractivity contribution in [2.45, 2.75) is 20.2 Å². The first kappa shape index (κ1) is 17.6. The minimum absolute atomic E-state index is 0.0770. The molecule has 0 aliphatic carbocycles. The molecule has 0 aromatic heterocycles. The fourth-order valence-electron chi connectivity index (χ4n) is 1.68. The highest BCUT2D eigenvalue weighted by Gasteiger charge is 2.31. The molecule has 0 spiro atoms. The summed E-state index contributed by atoms with van der Waals surface area (Å²) in [5.74, 6) is -0.408. The fraction of sp³-hybridized carbons (Fsp3) is 0.462. The molecule has 118 valence electrons. The molecule has 1 N–H and O–H groups in total. The number of halogens is 4. The second kappa shape index (κ2) is 7.53. The number of hydrogen-bond donors (Lipinski definition) is 1. The topological polar surface area (TPSA) is 41.6 Å². The molecule has 8 heteroatoms. The third kappa shape index (κ3) is 5.82. The van der Waals surface area contributed by atoms with Gasteiger partial charge in [-0.1, -0.05) is 0 Å². The van der Waals surface area contributed by atoms with Gasteiger partial charge in [0.05, 0.1) is 11.0 Å². The molecule has 1 rings (SSSR count). The number of hydrogen-bond acceptors (Lipinski definition) is 3. The van der Waals surface area contributed by atoms with Crippen LogP contribution in [0.1, 0.15) is 13.8 Å². The van der Waals surface area contributed by atoms with Crippen LogP contribution >= 0.6 is 15.9 Å². The van der Waals surface area contributed by atoms with Gasteiger partial charge in [-0.05, 0) is 48.0 Å². The number of ether oxygens (including phenoxy) is 1. The van der Waals surface area contributed by atoms with Crippen LogP contribution in [0.3, 0.4) is 0 Å². The predicted molar refractivity (Wildman–Crippen MR) is 77.2 cm³/mol. The smallest absolute Gasteiger partial charge is 0.405 e. The molecular formula is C13H16BrF3N2O2. The average molecular weight is 369 g/mol. The minimum Gasteiger partial charge on any atom is -0.405 e. The average Bonchev–Trinajstić information content (AvgIpc) is 2.39. The van der Waals surface area contributed by atoms with Crippen molar-refractivity contribution >= 4 is 27.5 Å². The summed E-state index contributed by atoms with van der Waals surface area (Å²) in [5.41, 5.74) is 0.525. The van der Waals surface area contributed by atoms with Gasteiger partial charge in [0.1, 0.15) is 5.75 Å². The number of nitrogens with one attached hydrogen (secondary N) is 1. The zero-order valence-electron chi connectivity index (χ0n) is 11.6. The van der Waals surface area contributed by atoms with Crippen molar-refractivity contribution in [2.75, 3.05) is 25.0 Å². The van der Waals surface area contributed by atoms with E-state index in [-0.39, 0.29) is 22.7 Å². The van der Waals surface area contributed by atoms with E-state index in [0.29, 0.717) is 18.8 Å². The lowest BCUT2D eigenvalue weighted by atomic mass is 10.3. The molecule has 0 unspecified atom stereocenters. The van der Waals surface area contributed by atoms with E-state index < -0.39 is 6.36 Å². The van der Waals surface area contributed by atoms with Crippen molar-refractivity contribution in [2.24, 2.45) is 0 Å². The Hall–Kier alpha value is -1.44. The summed E-state index contributed by atoms with van der Waals surface area (Å²) in [6, 6.07) is 4.03. The third-order valence-electron chi connectivity index (χ3n) is 2.72. The van der Waals surface area contributed by atoms with Crippen LogP contribution < -0.4 is 10.1 Å². The summed E-state index contributed by atoms with van der Waals surface area (Å²) in [5, 5.41) is 2.87. The Balaban J connectivity index is 2.66. The SMILES string of the molecule is CCN(CC)C(=O)CNc1ccc(OC(F)(F)F)c(Br)c1. The molecule has 0 heterocycles. The number of alkyl halides is 3. The van der Waals surface area contributed by atoms with Gasteiger partial charge in [0, 0.05) is 18.8 Å². The lowest BCUT2D eigenvalue weighted by Gasteiger charge is -2.19. The first-order chi connectivity index (χ1) is 9.76. The number of likely N-dealkylation sites (N-methyl/N-ethyl adjacent to an activating group) is 1. The molecule has 4 nitrogen and oxygen atoms in total. The maximum Gasteiger partial charge on any atom is 0.573 e. The summed E-state index contributed by atoms with van der Waals surface area (Å²) < 4.78 is 40.4. The molecule has 1 aromatic carbocycles. The van der Waals surface area contributed by atoms with Crippen LogP contribution in [0, 0.1) is 0 Å². The minimum atomic E-state index is -4.74. The third-order valence-corrected chi connectivity index (χ3v) is 3.34. The van der Waals surface area contributed by atoms with E-state index in [1.54, 1.807) is 4.90 Å².